The summed E-state index contributed by atoms with van der Waals surface area (Å²) in [5, 5.41) is 4.64. The van der Waals surface area contributed by atoms with E-state index in [1.54, 1.807) is 0 Å². The number of fused-ring (bicyclic) bond motifs is 1. The average Bonchev–Trinajstić information content (AvgIpc) is 3.33. The van der Waals surface area contributed by atoms with E-state index in [1.165, 1.54) is 86.7 Å². The molecule has 0 bridgehead atoms. The van der Waals surface area contributed by atoms with Crippen molar-refractivity contribution in [2.24, 2.45) is 5.92 Å². The monoisotopic (exact) mass is 378 g/mol. The first kappa shape index (κ1) is 18.3. The van der Waals surface area contributed by atoms with Gasteiger partial charge in [0.2, 0.25) is 0 Å². The molecule has 0 spiro atoms. The maximum Gasteiger partial charge on any atom is 0.147 e. The molecule has 2 atom stereocenters. The molecule has 2 saturated carbocycles. The third-order valence-corrected chi connectivity index (χ3v) is 7.59. The van der Waals surface area contributed by atoms with Gasteiger partial charge in [-0.05, 0) is 49.1 Å². The Morgan fingerprint density at radius 3 is 2.21 bits per heavy atom. The van der Waals surface area contributed by atoms with Gasteiger partial charge in [0, 0.05) is 18.0 Å². The molecule has 0 amide bonds. The quantitative estimate of drug-likeness (QED) is 0.610. The molecule has 3 aliphatic rings. The summed E-state index contributed by atoms with van der Waals surface area (Å²) in [6.45, 7) is 2.38. The van der Waals surface area contributed by atoms with Gasteiger partial charge in [0.15, 0.2) is 0 Å². The fourth-order valence-electron chi connectivity index (χ4n) is 6.27. The summed E-state index contributed by atoms with van der Waals surface area (Å²) in [5.41, 5.74) is 5.48. The number of aromatic nitrogens is 1. The normalized spacial score (nSPS) is 26.3. The molecular weight excluding hydrogens is 344 g/mol. The second-order valence-corrected chi connectivity index (χ2v) is 9.43. The third kappa shape index (κ3) is 3.27. The van der Waals surface area contributed by atoms with Crippen molar-refractivity contribution in [1.82, 2.24) is 5.16 Å². The standard InChI is InChI=1S/C25H34N2O/c1-18-16-19-10-8-9-15-22(19)24(18)25-23(17-28-26-25)27(20-11-4-2-5-12-20)21-13-6-3-7-14-21/h8-10,15,17-18,20-21,24H,2-7,11-14,16H2,1H3. The van der Waals surface area contributed by atoms with E-state index in [2.05, 4.69) is 41.2 Å². The van der Waals surface area contributed by atoms with Gasteiger partial charge in [-0.3, -0.25) is 0 Å². The molecule has 2 unspecified atom stereocenters. The van der Waals surface area contributed by atoms with Crippen LogP contribution in [0.4, 0.5) is 5.69 Å². The van der Waals surface area contributed by atoms with E-state index in [1.807, 2.05) is 6.26 Å². The van der Waals surface area contributed by atoms with Gasteiger partial charge >= 0.3 is 0 Å². The van der Waals surface area contributed by atoms with Crippen molar-refractivity contribution in [2.45, 2.75) is 95.6 Å². The first-order chi connectivity index (χ1) is 13.8. The molecule has 3 nitrogen and oxygen atoms in total. The van der Waals surface area contributed by atoms with Gasteiger partial charge in [-0.1, -0.05) is 74.9 Å². The molecule has 150 valence electrons. The first-order valence-electron chi connectivity index (χ1n) is 11.6. The Morgan fingerprint density at radius 1 is 0.893 bits per heavy atom. The molecule has 2 aromatic rings. The van der Waals surface area contributed by atoms with Crippen molar-refractivity contribution in [1.29, 1.82) is 0 Å². The zero-order chi connectivity index (χ0) is 18.9. The zero-order valence-electron chi connectivity index (χ0n) is 17.3. The number of hydrogen-bond acceptors (Lipinski definition) is 3. The number of nitrogens with zero attached hydrogens (tertiary/aromatic N) is 2. The van der Waals surface area contributed by atoms with Crippen molar-refractivity contribution in [2.75, 3.05) is 4.90 Å². The maximum atomic E-state index is 5.69. The fourth-order valence-corrected chi connectivity index (χ4v) is 6.27. The summed E-state index contributed by atoms with van der Waals surface area (Å²) in [7, 11) is 0. The third-order valence-electron chi connectivity index (χ3n) is 7.59. The molecular formula is C25H34N2O. The van der Waals surface area contributed by atoms with Gasteiger partial charge in [0.25, 0.3) is 0 Å². The van der Waals surface area contributed by atoms with E-state index < -0.39 is 0 Å². The SMILES string of the molecule is CC1Cc2ccccc2C1c1nocc1N(C1CCCCC1)C1CCCCC1. The van der Waals surface area contributed by atoms with E-state index in [4.69, 9.17) is 4.52 Å². The van der Waals surface area contributed by atoms with Crippen molar-refractivity contribution >= 4 is 5.69 Å². The van der Waals surface area contributed by atoms with Crippen LogP contribution in [0.25, 0.3) is 0 Å². The molecule has 3 aliphatic carbocycles. The number of hydrogen-bond donors (Lipinski definition) is 0. The lowest BCUT2D eigenvalue weighted by Gasteiger charge is -2.43. The molecule has 0 N–H and O–H groups in total. The molecule has 0 radical (unpaired) electrons. The van der Waals surface area contributed by atoms with Crippen LogP contribution in [0.3, 0.4) is 0 Å². The Kier molecular flexibility index (Phi) is 5.17. The molecule has 0 aliphatic heterocycles. The van der Waals surface area contributed by atoms with Crippen molar-refractivity contribution < 1.29 is 4.52 Å². The molecule has 28 heavy (non-hydrogen) atoms. The smallest absolute Gasteiger partial charge is 0.147 e. The first-order valence-corrected chi connectivity index (χ1v) is 11.6. The molecule has 5 rings (SSSR count). The summed E-state index contributed by atoms with van der Waals surface area (Å²) >= 11 is 0. The second-order valence-electron chi connectivity index (χ2n) is 9.43. The van der Waals surface area contributed by atoms with Crippen LogP contribution in [-0.4, -0.2) is 17.2 Å². The van der Waals surface area contributed by atoms with Gasteiger partial charge in [0.05, 0.1) is 0 Å². The summed E-state index contributed by atoms with van der Waals surface area (Å²) in [5.74, 6) is 0.959. The minimum absolute atomic E-state index is 0.375. The minimum Gasteiger partial charge on any atom is -0.362 e. The fraction of sp³-hybridized carbons (Fsp3) is 0.640. The number of benzene rings is 1. The highest BCUT2D eigenvalue weighted by atomic mass is 16.5. The summed E-state index contributed by atoms with van der Waals surface area (Å²) in [4.78, 5) is 2.79. The predicted octanol–water partition coefficient (Wildman–Crippen LogP) is 6.47. The number of rotatable bonds is 4. The molecule has 0 saturated heterocycles. The van der Waals surface area contributed by atoms with E-state index in [0.717, 1.165) is 6.42 Å². The van der Waals surface area contributed by atoms with Gasteiger partial charge in [-0.15, -0.1) is 0 Å². The topological polar surface area (TPSA) is 29.3 Å². The van der Waals surface area contributed by atoms with Crippen LogP contribution in [-0.2, 0) is 6.42 Å². The second kappa shape index (κ2) is 7.93. The molecule has 1 heterocycles. The lowest BCUT2D eigenvalue weighted by molar-refractivity contribution is 0.338. The Balaban J connectivity index is 1.53. The minimum atomic E-state index is 0.375. The number of anilines is 1. The van der Waals surface area contributed by atoms with Crippen LogP contribution >= 0.6 is 0 Å². The lowest BCUT2D eigenvalue weighted by atomic mass is 9.86. The predicted molar refractivity (Wildman–Crippen MR) is 114 cm³/mol. The highest BCUT2D eigenvalue weighted by Crippen LogP contribution is 2.46. The van der Waals surface area contributed by atoms with E-state index >= 15 is 0 Å². The highest BCUT2D eigenvalue weighted by Gasteiger charge is 2.38. The molecule has 1 aromatic heterocycles. The summed E-state index contributed by atoms with van der Waals surface area (Å²) in [6, 6.07) is 10.3. The Bertz CT molecular complexity index is 767. The summed E-state index contributed by atoms with van der Waals surface area (Å²) in [6.07, 6.45) is 16.7. The van der Waals surface area contributed by atoms with Crippen LogP contribution in [0.1, 0.15) is 93.9 Å². The largest absolute Gasteiger partial charge is 0.362 e. The van der Waals surface area contributed by atoms with E-state index in [9.17, 15) is 0 Å². The van der Waals surface area contributed by atoms with E-state index in [-0.39, 0.29) is 0 Å². The van der Waals surface area contributed by atoms with Crippen molar-refractivity contribution in [3.63, 3.8) is 0 Å². The van der Waals surface area contributed by atoms with Crippen molar-refractivity contribution in [3.05, 3.63) is 47.3 Å². The van der Waals surface area contributed by atoms with Crippen LogP contribution in [0.15, 0.2) is 35.1 Å². The van der Waals surface area contributed by atoms with E-state index in [0.29, 0.717) is 23.9 Å². The van der Waals surface area contributed by atoms with Crippen molar-refractivity contribution in [3.8, 4) is 0 Å². The molecule has 3 heteroatoms. The Hall–Kier alpha value is -1.77. The average molecular weight is 379 g/mol. The highest BCUT2D eigenvalue weighted by molar-refractivity contribution is 5.56. The van der Waals surface area contributed by atoms with Gasteiger partial charge in [0.1, 0.15) is 17.6 Å². The van der Waals surface area contributed by atoms with Crippen LogP contribution in [0.5, 0.6) is 0 Å². The van der Waals surface area contributed by atoms with Crippen LogP contribution < -0.4 is 4.90 Å². The molecule has 2 fully saturated rings. The van der Waals surface area contributed by atoms with Crippen LogP contribution in [0.2, 0.25) is 0 Å². The summed E-state index contributed by atoms with van der Waals surface area (Å²) < 4.78 is 5.69. The zero-order valence-corrected chi connectivity index (χ0v) is 17.3. The Morgan fingerprint density at radius 2 is 1.54 bits per heavy atom. The van der Waals surface area contributed by atoms with Gasteiger partial charge in [-0.2, -0.15) is 0 Å². The maximum absolute atomic E-state index is 5.69. The molecule has 1 aromatic carbocycles. The van der Waals surface area contributed by atoms with Gasteiger partial charge in [-0.25, -0.2) is 0 Å². The van der Waals surface area contributed by atoms with Gasteiger partial charge < -0.3 is 9.42 Å². The van der Waals surface area contributed by atoms with Crippen LogP contribution in [0, 0.1) is 5.92 Å². The lowest BCUT2D eigenvalue weighted by Crippen LogP contribution is -2.45. The Labute approximate surface area is 169 Å².